The highest BCUT2D eigenvalue weighted by molar-refractivity contribution is 9.11. The lowest BCUT2D eigenvalue weighted by atomic mass is 10.4. The molecule has 68 valence electrons. The summed E-state index contributed by atoms with van der Waals surface area (Å²) in [6.45, 7) is 0. The summed E-state index contributed by atoms with van der Waals surface area (Å²) in [5.74, 6) is 0. The Morgan fingerprint density at radius 1 is 1.54 bits per heavy atom. The number of thiophene rings is 1. The molecule has 2 aromatic rings. The third-order valence-electron chi connectivity index (χ3n) is 1.55. The Labute approximate surface area is 92.8 Å². The number of anilines is 1. The first-order valence-electron chi connectivity index (χ1n) is 3.69. The van der Waals surface area contributed by atoms with Crippen molar-refractivity contribution in [3.63, 3.8) is 0 Å². The molecular weight excluding hydrogens is 268 g/mol. The van der Waals surface area contributed by atoms with Gasteiger partial charge < -0.3 is 5.32 Å². The zero-order valence-electron chi connectivity index (χ0n) is 6.87. The van der Waals surface area contributed by atoms with Crippen LogP contribution in [0.3, 0.4) is 0 Å². The van der Waals surface area contributed by atoms with Gasteiger partial charge in [0, 0.05) is 7.05 Å². The molecule has 0 atom stereocenters. The number of aromatic nitrogens is 1. The third kappa shape index (κ3) is 1.77. The Balaban J connectivity index is 2.46. The van der Waals surface area contributed by atoms with Crippen LogP contribution in [0.5, 0.6) is 0 Å². The molecule has 0 aromatic carbocycles. The number of rotatable bonds is 2. The summed E-state index contributed by atoms with van der Waals surface area (Å²) in [4.78, 5) is 5.64. The monoisotopic (exact) mass is 274 g/mol. The molecule has 0 amide bonds. The Morgan fingerprint density at radius 3 is 2.92 bits per heavy atom. The minimum absolute atomic E-state index is 0.940. The summed E-state index contributed by atoms with van der Waals surface area (Å²) in [5, 5.41) is 6.03. The van der Waals surface area contributed by atoms with Gasteiger partial charge in [0.1, 0.15) is 9.48 Å². The molecule has 2 rings (SSSR count). The van der Waals surface area contributed by atoms with Crippen molar-refractivity contribution in [1.29, 1.82) is 0 Å². The second-order valence-electron chi connectivity index (χ2n) is 2.37. The van der Waals surface area contributed by atoms with E-state index in [-0.39, 0.29) is 0 Å². The van der Waals surface area contributed by atoms with Crippen molar-refractivity contribution < 1.29 is 0 Å². The molecule has 0 aliphatic carbocycles. The van der Waals surface area contributed by atoms with Crippen LogP contribution in [0.15, 0.2) is 21.3 Å². The van der Waals surface area contributed by atoms with E-state index < -0.39 is 0 Å². The van der Waals surface area contributed by atoms with Gasteiger partial charge in [-0.05, 0) is 27.4 Å². The van der Waals surface area contributed by atoms with Crippen LogP contribution >= 0.6 is 38.6 Å². The van der Waals surface area contributed by atoms with Crippen molar-refractivity contribution in [2.45, 2.75) is 0 Å². The van der Waals surface area contributed by atoms with Gasteiger partial charge in [-0.15, -0.1) is 11.3 Å². The van der Waals surface area contributed by atoms with E-state index in [1.807, 2.05) is 13.1 Å². The number of halogens is 1. The molecule has 13 heavy (non-hydrogen) atoms. The number of nitrogens with one attached hydrogen (secondary N) is 1. The van der Waals surface area contributed by atoms with Gasteiger partial charge in [0.15, 0.2) is 5.13 Å². The van der Waals surface area contributed by atoms with E-state index in [1.165, 1.54) is 4.88 Å². The Kier molecular flexibility index (Phi) is 2.66. The zero-order chi connectivity index (χ0) is 9.26. The SMILES string of the molecule is CNc1nc(-c2cccs2)c(Br)s1. The summed E-state index contributed by atoms with van der Waals surface area (Å²) < 4.78 is 1.08. The van der Waals surface area contributed by atoms with E-state index >= 15 is 0 Å². The summed E-state index contributed by atoms with van der Waals surface area (Å²) in [7, 11) is 1.88. The van der Waals surface area contributed by atoms with Gasteiger partial charge >= 0.3 is 0 Å². The maximum Gasteiger partial charge on any atom is 0.184 e. The highest BCUT2D eigenvalue weighted by Gasteiger charge is 2.10. The topological polar surface area (TPSA) is 24.9 Å². The van der Waals surface area contributed by atoms with Crippen molar-refractivity contribution in [2.24, 2.45) is 0 Å². The summed E-state index contributed by atoms with van der Waals surface area (Å²) in [6.07, 6.45) is 0. The Hall–Kier alpha value is -0.390. The van der Waals surface area contributed by atoms with Gasteiger partial charge in [-0.1, -0.05) is 17.4 Å². The molecule has 0 fully saturated rings. The zero-order valence-corrected chi connectivity index (χ0v) is 10.1. The molecule has 2 heterocycles. The Bertz CT molecular complexity index is 394. The number of hydrogen-bond acceptors (Lipinski definition) is 4. The number of nitrogens with zero attached hydrogens (tertiary/aromatic N) is 1. The van der Waals surface area contributed by atoms with Crippen LogP contribution in [0.2, 0.25) is 0 Å². The second kappa shape index (κ2) is 3.77. The maximum atomic E-state index is 4.44. The van der Waals surface area contributed by atoms with Crippen LogP contribution in [0.4, 0.5) is 5.13 Å². The third-order valence-corrected chi connectivity index (χ3v) is 4.15. The average molecular weight is 275 g/mol. The van der Waals surface area contributed by atoms with Crippen LogP contribution in [-0.4, -0.2) is 12.0 Å². The molecule has 0 saturated carbocycles. The largest absolute Gasteiger partial charge is 0.365 e. The van der Waals surface area contributed by atoms with Gasteiger partial charge in [0.2, 0.25) is 0 Å². The molecule has 0 saturated heterocycles. The lowest BCUT2D eigenvalue weighted by molar-refractivity contribution is 1.37. The molecule has 5 heteroatoms. The van der Waals surface area contributed by atoms with Crippen LogP contribution in [0.1, 0.15) is 0 Å². The van der Waals surface area contributed by atoms with E-state index in [9.17, 15) is 0 Å². The van der Waals surface area contributed by atoms with Crippen molar-refractivity contribution in [1.82, 2.24) is 4.98 Å². The molecule has 2 nitrogen and oxygen atoms in total. The first kappa shape index (κ1) is 9.18. The number of thiazole rings is 1. The fraction of sp³-hybridized carbons (Fsp3) is 0.125. The normalized spacial score (nSPS) is 10.3. The summed E-state index contributed by atoms with van der Waals surface area (Å²) >= 11 is 6.82. The lowest BCUT2D eigenvalue weighted by Gasteiger charge is -1.89. The average Bonchev–Trinajstić information content (AvgIpc) is 2.72. The highest BCUT2D eigenvalue weighted by atomic mass is 79.9. The van der Waals surface area contributed by atoms with Gasteiger partial charge in [-0.2, -0.15) is 0 Å². The van der Waals surface area contributed by atoms with Crippen LogP contribution in [-0.2, 0) is 0 Å². The van der Waals surface area contributed by atoms with Gasteiger partial charge in [0.05, 0.1) is 4.88 Å². The van der Waals surface area contributed by atoms with Crippen molar-refractivity contribution in [2.75, 3.05) is 12.4 Å². The Morgan fingerprint density at radius 2 is 2.38 bits per heavy atom. The molecule has 0 radical (unpaired) electrons. The quantitative estimate of drug-likeness (QED) is 0.904. The van der Waals surface area contributed by atoms with E-state index in [2.05, 4.69) is 37.7 Å². The van der Waals surface area contributed by atoms with Crippen molar-refractivity contribution >= 4 is 43.7 Å². The van der Waals surface area contributed by atoms with E-state index in [4.69, 9.17) is 0 Å². The van der Waals surface area contributed by atoms with E-state index in [0.717, 1.165) is 14.6 Å². The predicted octanol–water partition coefficient (Wildman–Crippen LogP) is 3.68. The lowest BCUT2D eigenvalue weighted by Crippen LogP contribution is -1.84. The summed E-state index contributed by atoms with van der Waals surface area (Å²) in [6, 6.07) is 4.11. The predicted molar refractivity (Wildman–Crippen MR) is 62.7 cm³/mol. The molecule has 0 spiro atoms. The van der Waals surface area contributed by atoms with Crippen molar-refractivity contribution in [3.8, 4) is 10.6 Å². The first-order valence-corrected chi connectivity index (χ1v) is 6.18. The van der Waals surface area contributed by atoms with E-state index in [0.29, 0.717) is 0 Å². The molecule has 0 bridgehead atoms. The minimum atomic E-state index is 0.940. The minimum Gasteiger partial charge on any atom is -0.365 e. The molecule has 2 aromatic heterocycles. The van der Waals surface area contributed by atoms with Crippen LogP contribution < -0.4 is 5.32 Å². The second-order valence-corrected chi connectivity index (χ2v) is 5.63. The molecule has 0 aliphatic rings. The van der Waals surface area contributed by atoms with Gasteiger partial charge in [-0.3, -0.25) is 0 Å². The molecule has 0 unspecified atom stereocenters. The number of hydrogen-bond donors (Lipinski definition) is 1. The molecule has 0 aliphatic heterocycles. The summed E-state index contributed by atoms with van der Waals surface area (Å²) in [5.41, 5.74) is 1.03. The molecule has 1 N–H and O–H groups in total. The van der Waals surface area contributed by atoms with Crippen LogP contribution in [0.25, 0.3) is 10.6 Å². The maximum absolute atomic E-state index is 4.44. The fourth-order valence-electron chi connectivity index (χ4n) is 0.974. The smallest absolute Gasteiger partial charge is 0.184 e. The van der Waals surface area contributed by atoms with Crippen molar-refractivity contribution in [3.05, 3.63) is 21.3 Å². The van der Waals surface area contributed by atoms with Gasteiger partial charge in [0.25, 0.3) is 0 Å². The van der Waals surface area contributed by atoms with E-state index in [1.54, 1.807) is 22.7 Å². The first-order chi connectivity index (χ1) is 6.31. The van der Waals surface area contributed by atoms with Crippen LogP contribution in [0, 0.1) is 0 Å². The fourth-order valence-corrected chi connectivity index (χ4v) is 3.31. The van der Waals surface area contributed by atoms with Gasteiger partial charge in [-0.25, -0.2) is 4.98 Å². The standard InChI is InChI=1S/C8H7BrN2S2/c1-10-8-11-6(7(9)13-8)5-3-2-4-12-5/h2-4H,1H3,(H,10,11). The highest BCUT2D eigenvalue weighted by Crippen LogP contribution is 2.37. The molecular formula is C8H7BrN2S2.